The van der Waals surface area contributed by atoms with Crippen LogP contribution in [0.5, 0.6) is 5.75 Å². The molecular weight excluding hydrogens is 370 g/mol. The number of carbonyl (C=O) groups excluding carboxylic acids is 1. The molecule has 3 rings (SSSR count). The van der Waals surface area contributed by atoms with Gasteiger partial charge in [-0.2, -0.15) is 8.42 Å². The molecule has 22 heavy (non-hydrogen) atoms. The van der Waals surface area contributed by atoms with Gasteiger partial charge in [-0.15, -0.1) is 0 Å². The summed E-state index contributed by atoms with van der Waals surface area (Å²) in [6.07, 6.45) is 4.74. The summed E-state index contributed by atoms with van der Waals surface area (Å²) in [4.78, 5) is 14.9. The van der Waals surface area contributed by atoms with Crippen molar-refractivity contribution in [1.82, 2.24) is 4.98 Å². The number of pyridine rings is 1. The zero-order valence-electron chi connectivity index (χ0n) is 11.5. The molecule has 0 spiro atoms. The summed E-state index contributed by atoms with van der Waals surface area (Å²) in [5.41, 5.74) is 2.15. The summed E-state index contributed by atoms with van der Waals surface area (Å²) in [7, 11) is -4.00. The highest BCUT2D eigenvalue weighted by Crippen LogP contribution is 2.28. The third kappa shape index (κ3) is 2.91. The van der Waals surface area contributed by atoms with Gasteiger partial charge >= 0.3 is 10.1 Å². The highest BCUT2D eigenvalue weighted by atomic mass is 79.9. The van der Waals surface area contributed by atoms with Crippen LogP contribution in [-0.4, -0.2) is 19.7 Å². The molecule has 1 heterocycles. The van der Waals surface area contributed by atoms with Gasteiger partial charge in [-0.05, 0) is 58.5 Å². The lowest BCUT2D eigenvalue weighted by Gasteiger charge is -2.10. The average molecular weight is 382 g/mol. The van der Waals surface area contributed by atoms with E-state index in [2.05, 4.69) is 20.9 Å². The molecule has 7 heteroatoms. The predicted octanol–water partition coefficient (Wildman–Crippen LogP) is 2.91. The van der Waals surface area contributed by atoms with E-state index in [4.69, 9.17) is 4.18 Å². The van der Waals surface area contributed by atoms with Crippen LogP contribution in [0.25, 0.3) is 0 Å². The van der Waals surface area contributed by atoms with Crippen molar-refractivity contribution in [3.8, 4) is 5.75 Å². The molecule has 5 nitrogen and oxygen atoms in total. The molecule has 1 aliphatic carbocycles. The molecule has 0 saturated carbocycles. The molecule has 0 unspecified atom stereocenters. The van der Waals surface area contributed by atoms with Gasteiger partial charge in [0.15, 0.2) is 12.0 Å². The highest BCUT2D eigenvalue weighted by Gasteiger charge is 2.22. The van der Waals surface area contributed by atoms with E-state index in [-0.39, 0.29) is 16.3 Å². The number of halogens is 1. The maximum atomic E-state index is 12.4. The van der Waals surface area contributed by atoms with Crippen LogP contribution in [0.4, 0.5) is 0 Å². The standard InChI is InChI=1S/C15H12BrNO4S/c16-12-7-15(14(9-18)17-8-12)21-22(19,20)13-5-4-10-2-1-3-11(10)6-13/h4-9H,1-3H2. The quantitative estimate of drug-likeness (QED) is 0.601. The number of nitrogens with zero attached hydrogens (tertiary/aromatic N) is 1. The number of benzene rings is 1. The van der Waals surface area contributed by atoms with Crippen molar-refractivity contribution < 1.29 is 17.4 Å². The van der Waals surface area contributed by atoms with Crippen molar-refractivity contribution >= 4 is 32.3 Å². The van der Waals surface area contributed by atoms with Crippen molar-refractivity contribution in [1.29, 1.82) is 0 Å². The van der Waals surface area contributed by atoms with E-state index in [0.29, 0.717) is 10.8 Å². The minimum atomic E-state index is -4.00. The fourth-order valence-corrected chi connectivity index (χ4v) is 3.75. The SMILES string of the molecule is O=Cc1ncc(Br)cc1OS(=O)(=O)c1ccc2c(c1)CCC2. The monoisotopic (exact) mass is 381 g/mol. The summed E-state index contributed by atoms with van der Waals surface area (Å²) in [5, 5.41) is 0. The predicted molar refractivity (Wildman–Crippen MR) is 83.6 cm³/mol. The number of rotatable bonds is 4. The second-order valence-electron chi connectivity index (χ2n) is 4.98. The zero-order valence-corrected chi connectivity index (χ0v) is 13.9. The third-order valence-electron chi connectivity index (χ3n) is 3.52. The summed E-state index contributed by atoms with van der Waals surface area (Å²) >= 11 is 3.18. The Morgan fingerprint density at radius 3 is 2.73 bits per heavy atom. The van der Waals surface area contributed by atoms with Crippen LogP contribution in [0.3, 0.4) is 0 Å². The number of fused-ring (bicyclic) bond motifs is 1. The molecule has 0 aliphatic heterocycles. The molecule has 0 N–H and O–H groups in total. The summed E-state index contributed by atoms with van der Waals surface area (Å²) in [6, 6.07) is 6.40. The zero-order chi connectivity index (χ0) is 15.7. The fraction of sp³-hybridized carbons (Fsp3) is 0.200. The number of aromatic nitrogens is 1. The minimum absolute atomic E-state index is 0.0621. The Morgan fingerprint density at radius 2 is 1.95 bits per heavy atom. The summed E-state index contributed by atoms with van der Waals surface area (Å²) in [5.74, 6) is -0.0927. The van der Waals surface area contributed by atoms with Crippen molar-refractivity contribution in [3.63, 3.8) is 0 Å². The smallest absolute Gasteiger partial charge is 0.339 e. The van der Waals surface area contributed by atoms with E-state index in [1.54, 1.807) is 6.07 Å². The minimum Gasteiger partial charge on any atom is -0.376 e. The maximum Gasteiger partial charge on any atom is 0.339 e. The van der Waals surface area contributed by atoms with Crippen molar-refractivity contribution in [3.05, 3.63) is 51.8 Å². The molecule has 1 aromatic carbocycles. The van der Waals surface area contributed by atoms with Gasteiger partial charge in [0.25, 0.3) is 0 Å². The number of aryl methyl sites for hydroxylation is 2. The van der Waals surface area contributed by atoms with Gasteiger partial charge in [0.1, 0.15) is 10.6 Å². The van der Waals surface area contributed by atoms with Crippen LogP contribution in [0.2, 0.25) is 0 Å². The largest absolute Gasteiger partial charge is 0.376 e. The molecule has 0 fully saturated rings. The van der Waals surface area contributed by atoms with E-state index >= 15 is 0 Å². The molecular formula is C15H12BrNO4S. The molecule has 0 saturated heterocycles. The average Bonchev–Trinajstić information content (AvgIpc) is 2.94. The first-order chi connectivity index (χ1) is 10.5. The Kier molecular flexibility index (Phi) is 4.01. The van der Waals surface area contributed by atoms with Gasteiger partial charge in [0.2, 0.25) is 0 Å². The Labute approximate surface area is 136 Å². The summed E-state index contributed by atoms with van der Waals surface area (Å²) < 4.78 is 30.4. The first-order valence-corrected chi connectivity index (χ1v) is 8.87. The second-order valence-corrected chi connectivity index (χ2v) is 7.44. The Bertz CT molecular complexity index is 849. The van der Waals surface area contributed by atoms with E-state index < -0.39 is 10.1 Å². The van der Waals surface area contributed by atoms with Gasteiger partial charge < -0.3 is 4.18 Å². The van der Waals surface area contributed by atoms with Crippen LogP contribution >= 0.6 is 15.9 Å². The molecule has 114 valence electrons. The molecule has 1 aliphatic rings. The lowest BCUT2D eigenvalue weighted by molar-refractivity contribution is 0.111. The highest BCUT2D eigenvalue weighted by molar-refractivity contribution is 9.10. The van der Waals surface area contributed by atoms with Crippen LogP contribution in [0, 0.1) is 0 Å². The molecule has 1 aromatic heterocycles. The Balaban J connectivity index is 1.97. The first kappa shape index (κ1) is 15.2. The van der Waals surface area contributed by atoms with Crippen LogP contribution in [0.15, 0.2) is 39.8 Å². The van der Waals surface area contributed by atoms with E-state index in [1.807, 2.05) is 6.07 Å². The van der Waals surface area contributed by atoms with Gasteiger partial charge in [-0.1, -0.05) is 6.07 Å². The van der Waals surface area contributed by atoms with E-state index in [9.17, 15) is 13.2 Å². The van der Waals surface area contributed by atoms with Crippen LogP contribution in [-0.2, 0) is 23.0 Å². The molecule has 2 aromatic rings. The van der Waals surface area contributed by atoms with Gasteiger partial charge in [-0.3, -0.25) is 4.79 Å². The number of aldehydes is 1. The molecule has 0 radical (unpaired) electrons. The normalized spacial score (nSPS) is 13.7. The lowest BCUT2D eigenvalue weighted by atomic mass is 10.1. The van der Waals surface area contributed by atoms with Gasteiger partial charge in [-0.25, -0.2) is 4.98 Å². The third-order valence-corrected chi connectivity index (χ3v) is 5.18. The van der Waals surface area contributed by atoms with Gasteiger partial charge in [0.05, 0.1) is 0 Å². The van der Waals surface area contributed by atoms with Gasteiger partial charge in [0, 0.05) is 16.7 Å². The van der Waals surface area contributed by atoms with E-state index in [1.165, 1.54) is 23.9 Å². The van der Waals surface area contributed by atoms with Crippen molar-refractivity contribution in [2.24, 2.45) is 0 Å². The topological polar surface area (TPSA) is 73.3 Å². The molecule has 0 amide bonds. The Hall–Kier alpha value is -1.73. The van der Waals surface area contributed by atoms with E-state index in [0.717, 1.165) is 24.8 Å². The van der Waals surface area contributed by atoms with Crippen LogP contribution < -0.4 is 4.18 Å². The Morgan fingerprint density at radius 1 is 1.18 bits per heavy atom. The number of carbonyl (C=O) groups is 1. The lowest BCUT2D eigenvalue weighted by Crippen LogP contribution is -2.12. The molecule has 0 bridgehead atoms. The number of hydrogen-bond acceptors (Lipinski definition) is 5. The maximum absolute atomic E-state index is 12.4. The first-order valence-electron chi connectivity index (χ1n) is 6.66. The van der Waals surface area contributed by atoms with Crippen LogP contribution in [0.1, 0.15) is 28.0 Å². The summed E-state index contributed by atoms with van der Waals surface area (Å²) in [6.45, 7) is 0. The molecule has 0 atom stereocenters. The number of hydrogen-bond donors (Lipinski definition) is 0. The van der Waals surface area contributed by atoms with Crippen molar-refractivity contribution in [2.75, 3.05) is 0 Å². The van der Waals surface area contributed by atoms with Crippen molar-refractivity contribution in [2.45, 2.75) is 24.2 Å². The fourth-order valence-electron chi connectivity index (χ4n) is 2.46. The second kappa shape index (κ2) is 5.81.